The number of sulfonamides is 1. The first-order valence-electron chi connectivity index (χ1n) is 11.0. The van der Waals surface area contributed by atoms with E-state index in [1.165, 1.54) is 34.6 Å². The predicted molar refractivity (Wildman–Crippen MR) is 133 cm³/mol. The number of H-pyrrole nitrogens is 1. The van der Waals surface area contributed by atoms with E-state index in [0.29, 0.717) is 24.2 Å². The molecule has 0 bridgehead atoms. The maximum Gasteiger partial charge on any atom is 0.333 e. The lowest BCUT2D eigenvalue weighted by Gasteiger charge is -2.30. The number of hydrogen-bond donors (Lipinski definition) is 2. The van der Waals surface area contributed by atoms with E-state index in [4.69, 9.17) is 5.73 Å². The minimum atomic E-state index is -3.98. The van der Waals surface area contributed by atoms with Crippen LogP contribution in [0.1, 0.15) is 27.9 Å². The second-order valence-electron chi connectivity index (χ2n) is 8.42. The van der Waals surface area contributed by atoms with E-state index in [0.717, 1.165) is 16.6 Å². The van der Waals surface area contributed by atoms with Crippen LogP contribution in [0.15, 0.2) is 75.1 Å². The average Bonchev–Trinajstić information content (AvgIpc) is 2.84. The maximum absolute atomic E-state index is 13.7. The Morgan fingerprint density at radius 2 is 1.77 bits per heavy atom. The quantitative estimate of drug-likeness (QED) is 0.452. The fraction of sp³-hybridized carbons (Fsp3) is 0.160. The maximum atomic E-state index is 13.7. The van der Waals surface area contributed by atoms with Crippen LogP contribution in [0.5, 0.6) is 0 Å². The summed E-state index contributed by atoms with van der Waals surface area (Å²) in [6.07, 6.45) is 1.46. The third-order valence-electron chi connectivity index (χ3n) is 6.27. The highest BCUT2D eigenvalue weighted by Gasteiger charge is 2.29. The molecule has 1 amide bonds. The SMILES string of the molecule is Cc1ccc(S(=O)(=O)N2CCCc3ccccc32)cc1-n1c(=O)[nH]c2cccc(C(N)=O)c2c1=O. The molecule has 0 radical (unpaired) electrons. The summed E-state index contributed by atoms with van der Waals surface area (Å²) < 4.78 is 29.5. The summed E-state index contributed by atoms with van der Waals surface area (Å²) in [5, 5.41) is -0.0442. The molecular formula is C25H22N4O5S. The first-order valence-corrected chi connectivity index (χ1v) is 12.4. The minimum Gasteiger partial charge on any atom is -0.366 e. The number of carbonyl (C=O) groups is 1. The normalized spacial score (nSPS) is 13.6. The molecule has 10 heteroatoms. The minimum absolute atomic E-state index is 0.0381. The van der Waals surface area contributed by atoms with Gasteiger partial charge < -0.3 is 10.7 Å². The molecule has 2 heterocycles. The second-order valence-corrected chi connectivity index (χ2v) is 10.3. The molecule has 1 aromatic heterocycles. The Morgan fingerprint density at radius 1 is 1.00 bits per heavy atom. The first kappa shape index (κ1) is 22.6. The molecule has 0 unspecified atom stereocenters. The zero-order valence-electron chi connectivity index (χ0n) is 18.8. The molecule has 4 aromatic rings. The van der Waals surface area contributed by atoms with Crippen molar-refractivity contribution < 1.29 is 13.2 Å². The standard InChI is InChI=1S/C25H22N4O5S/c1-15-11-12-17(35(33,34)28-13-5-7-16-6-2-3-10-20(16)28)14-21(15)29-24(31)22-18(23(26)30)8-4-9-19(22)27-25(29)32/h2-4,6,8-12,14H,5,7,13H2,1H3,(H2,26,30)(H,27,32). The van der Waals surface area contributed by atoms with E-state index in [2.05, 4.69) is 4.98 Å². The monoisotopic (exact) mass is 490 g/mol. The number of nitrogens with zero attached hydrogens (tertiary/aromatic N) is 2. The highest BCUT2D eigenvalue weighted by molar-refractivity contribution is 7.92. The molecule has 9 nitrogen and oxygen atoms in total. The number of para-hydroxylation sites is 1. The molecule has 178 valence electrons. The Bertz CT molecular complexity index is 1740. The van der Waals surface area contributed by atoms with Crippen LogP contribution < -0.4 is 21.3 Å². The molecule has 3 N–H and O–H groups in total. The average molecular weight is 491 g/mol. The summed E-state index contributed by atoms with van der Waals surface area (Å²) in [7, 11) is -3.98. The van der Waals surface area contributed by atoms with Gasteiger partial charge in [-0.2, -0.15) is 0 Å². The number of nitrogens with two attached hydrogens (primary N) is 1. The number of hydrogen-bond acceptors (Lipinski definition) is 5. The van der Waals surface area contributed by atoms with E-state index in [9.17, 15) is 22.8 Å². The summed E-state index contributed by atoms with van der Waals surface area (Å²) in [5.74, 6) is -0.817. The van der Waals surface area contributed by atoms with E-state index < -0.39 is 27.2 Å². The summed E-state index contributed by atoms with van der Waals surface area (Å²) in [6.45, 7) is 1.99. The van der Waals surface area contributed by atoms with Crippen molar-refractivity contribution in [1.29, 1.82) is 0 Å². The highest BCUT2D eigenvalue weighted by Crippen LogP contribution is 2.32. The summed E-state index contributed by atoms with van der Waals surface area (Å²) in [6, 6.07) is 16.1. The van der Waals surface area contributed by atoms with Gasteiger partial charge >= 0.3 is 5.69 Å². The zero-order chi connectivity index (χ0) is 24.9. The van der Waals surface area contributed by atoms with E-state index in [1.54, 1.807) is 25.1 Å². The third-order valence-corrected chi connectivity index (χ3v) is 8.08. The molecule has 0 fully saturated rings. The van der Waals surface area contributed by atoms with E-state index in [-0.39, 0.29) is 27.0 Å². The smallest absolute Gasteiger partial charge is 0.333 e. The Morgan fingerprint density at radius 3 is 2.54 bits per heavy atom. The molecule has 1 aliphatic heterocycles. The third kappa shape index (κ3) is 3.62. The van der Waals surface area contributed by atoms with Crippen molar-refractivity contribution in [3.05, 3.63) is 98.2 Å². The number of aromatic amines is 1. The number of anilines is 1. The van der Waals surface area contributed by atoms with Gasteiger partial charge in [-0.15, -0.1) is 0 Å². The van der Waals surface area contributed by atoms with Gasteiger partial charge in [-0.25, -0.2) is 17.8 Å². The number of nitrogens with one attached hydrogen (secondary N) is 1. The molecule has 0 atom stereocenters. The molecule has 1 aliphatic rings. The zero-order valence-corrected chi connectivity index (χ0v) is 19.6. The molecule has 3 aromatic carbocycles. The largest absolute Gasteiger partial charge is 0.366 e. The number of aromatic nitrogens is 2. The predicted octanol–water partition coefficient (Wildman–Crippen LogP) is 2.23. The van der Waals surface area contributed by atoms with Crippen molar-refractivity contribution in [1.82, 2.24) is 9.55 Å². The molecule has 0 spiro atoms. The summed E-state index contributed by atoms with van der Waals surface area (Å²) in [4.78, 5) is 40.8. The van der Waals surface area contributed by atoms with Gasteiger partial charge in [0.15, 0.2) is 0 Å². The van der Waals surface area contributed by atoms with E-state index in [1.807, 2.05) is 12.1 Å². The molecule has 5 rings (SSSR count). The van der Waals surface area contributed by atoms with Gasteiger partial charge in [0, 0.05) is 6.54 Å². The lowest BCUT2D eigenvalue weighted by Crippen LogP contribution is -2.37. The number of fused-ring (bicyclic) bond motifs is 2. The van der Waals surface area contributed by atoms with E-state index >= 15 is 0 Å². The van der Waals surface area contributed by atoms with Gasteiger partial charge in [-0.1, -0.05) is 30.3 Å². The Labute approximate surface area is 200 Å². The van der Waals surface area contributed by atoms with Crippen LogP contribution >= 0.6 is 0 Å². The number of aryl methyl sites for hydroxylation is 2. The van der Waals surface area contributed by atoms with Crippen molar-refractivity contribution in [2.45, 2.75) is 24.7 Å². The van der Waals surface area contributed by atoms with Gasteiger partial charge in [-0.05, 0) is 61.2 Å². The van der Waals surface area contributed by atoms with Gasteiger partial charge in [0.1, 0.15) is 0 Å². The van der Waals surface area contributed by atoms with Crippen molar-refractivity contribution >= 4 is 32.5 Å². The van der Waals surface area contributed by atoms with Crippen molar-refractivity contribution in [3.63, 3.8) is 0 Å². The number of carbonyl (C=O) groups excluding carboxylic acids is 1. The van der Waals surface area contributed by atoms with Gasteiger partial charge in [0.2, 0.25) is 5.91 Å². The molecule has 0 saturated heterocycles. The molecular weight excluding hydrogens is 468 g/mol. The van der Waals surface area contributed by atoms with Gasteiger partial charge in [0.25, 0.3) is 15.6 Å². The molecule has 0 aliphatic carbocycles. The highest BCUT2D eigenvalue weighted by atomic mass is 32.2. The van der Waals surface area contributed by atoms with Crippen LogP contribution in [0.4, 0.5) is 5.69 Å². The van der Waals surface area contributed by atoms with Crippen LogP contribution in [-0.2, 0) is 16.4 Å². The second kappa shape index (κ2) is 8.24. The number of benzene rings is 3. The Balaban J connectivity index is 1.72. The fourth-order valence-electron chi connectivity index (χ4n) is 4.55. The van der Waals surface area contributed by atoms with Gasteiger partial charge in [-0.3, -0.25) is 13.9 Å². The topological polar surface area (TPSA) is 135 Å². The van der Waals surface area contributed by atoms with Crippen molar-refractivity contribution in [2.24, 2.45) is 5.73 Å². The number of primary amides is 1. The van der Waals surface area contributed by atoms with Crippen molar-refractivity contribution in [3.8, 4) is 5.69 Å². The molecule has 35 heavy (non-hydrogen) atoms. The number of rotatable bonds is 4. The van der Waals surface area contributed by atoms with Crippen LogP contribution in [0.25, 0.3) is 16.6 Å². The van der Waals surface area contributed by atoms with Crippen LogP contribution in [0.2, 0.25) is 0 Å². The van der Waals surface area contributed by atoms with Crippen molar-refractivity contribution in [2.75, 3.05) is 10.8 Å². The summed E-state index contributed by atoms with van der Waals surface area (Å²) >= 11 is 0. The van der Waals surface area contributed by atoms with Crippen LogP contribution in [-0.4, -0.2) is 30.4 Å². The Kier molecular flexibility index (Phi) is 5.32. The first-order chi connectivity index (χ1) is 16.7. The lowest BCUT2D eigenvalue weighted by atomic mass is 10.0. The Hall–Kier alpha value is -4.18. The lowest BCUT2D eigenvalue weighted by molar-refractivity contribution is 0.100. The van der Waals surface area contributed by atoms with Gasteiger partial charge in [0.05, 0.1) is 32.7 Å². The van der Waals surface area contributed by atoms with Crippen LogP contribution in [0.3, 0.4) is 0 Å². The molecule has 0 saturated carbocycles. The van der Waals surface area contributed by atoms with Crippen LogP contribution in [0, 0.1) is 6.92 Å². The summed E-state index contributed by atoms with van der Waals surface area (Å²) in [5.41, 5.74) is 6.21. The number of amides is 1. The fourth-order valence-corrected chi connectivity index (χ4v) is 6.11.